The zero-order valence-electron chi connectivity index (χ0n) is 5.85. The molecule has 54 valence electrons. The molecule has 3 heteroatoms. The summed E-state index contributed by atoms with van der Waals surface area (Å²) in [6.07, 6.45) is -0.329. The van der Waals surface area contributed by atoms with Crippen LogP contribution in [0.2, 0.25) is 0 Å². The van der Waals surface area contributed by atoms with Crippen molar-refractivity contribution in [2.45, 2.75) is 26.4 Å². The van der Waals surface area contributed by atoms with E-state index in [4.69, 9.17) is 5.11 Å². The summed E-state index contributed by atoms with van der Waals surface area (Å²) in [5.74, 6) is -0.0903. The van der Waals surface area contributed by atoms with Crippen molar-refractivity contribution < 1.29 is 9.90 Å². The predicted molar refractivity (Wildman–Crippen MR) is 35.0 cm³/mol. The summed E-state index contributed by atoms with van der Waals surface area (Å²) in [6, 6.07) is 0. The lowest BCUT2D eigenvalue weighted by atomic mass is 10.3. The second-order valence-corrected chi connectivity index (χ2v) is 2.01. The van der Waals surface area contributed by atoms with E-state index in [0.717, 1.165) is 0 Å². The zero-order valence-corrected chi connectivity index (χ0v) is 5.85. The number of carbonyl (C=O) groups is 1. The molecular weight excluding hydrogens is 118 g/mol. The minimum absolute atomic E-state index is 0.0903. The molecule has 0 heterocycles. The molecule has 9 heavy (non-hydrogen) atoms. The number of aliphatic hydroxyl groups is 1. The Morgan fingerprint density at radius 3 is 2.67 bits per heavy atom. The Morgan fingerprint density at radius 2 is 2.33 bits per heavy atom. The Hall–Kier alpha value is -0.570. The van der Waals surface area contributed by atoms with Gasteiger partial charge in [-0.15, -0.1) is 0 Å². The van der Waals surface area contributed by atoms with Crippen molar-refractivity contribution in [1.29, 1.82) is 0 Å². The second kappa shape index (κ2) is 4.32. The number of hydrogen-bond donors (Lipinski definition) is 2. The van der Waals surface area contributed by atoms with Gasteiger partial charge in [-0.25, -0.2) is 0 Å². The molecule has 0 aromatic carbocycles. The van der Waals surface area contributed by atoms with Gasteiger partial charge in [0, 0.05) is 6.54 Å². The van der Waals surface area contributed by atoms with Crippen LogP contribution in [0.1, 0.15) is 20.3 Å². The molecule has 0 bridgehead atoms. The first-order chi connectivity index (χ1) is 4.16. The fourth-order valence-corrected chi connectivity index (χ4v) is 0.538. The molecule has 1 unspecified atom stereocenters. The van der Waals surface area contributed by atoms with E-state index in [1.165, 1.54) is 0 Å². The van der Waals surface area contributed by atoms with Crippen molar-refractivity contribution in [1.82, 2.24) is 5.32 Å². The van der Waals surface area contributed by atoms with Crippen LogP contribution in [-0.2, 0) is 4.79 Å². The molecule has 1 amide bonds. The zero-order chi connectivity index (χ0) is 7.28. The summed E-state index contributed by atoms with van der Waals surface area (Å²) >= 11 is 0. The van der Waals surface area contributed by atoms with Crippen LogP contribution in [0.3, 0.4) is 0 Å². The van der Waals surface area contributed by atoms with E-state index >= 15 is 0 Å². The monoisotopic (exact) mass is 131 g/mol. The standard InChI is InChI=1S/C6H13NO2/c1-3-7-6(9)4-5(2)8/h5,8H,3-4H2,1-2H3,(H,7,9). The van der Waals surface area contributed by atoms with Gasteiger partial charge in [-0.05, 0) is 13.8 Å². The molecule has 0 aliphatic heterocycles. The highest BCUT2D eigenvalue weighted by molar-refractivity contribution is 5.76. The maximum Gasteiger partial charge on any atom is 0.222 e. The van der Waals surface area contributed by atoms with Crippen LogP contribution in [0, 0.1) is 0 Å². The molecule has 0 saturated carbocycles. The maximum atomic E-state index is 10.6. The minimum Gasteiger partial charge on any atom is -0.393 e. The fourth-order valence-electron chi connectivity index (χ4n) is 0.538. The summed E-state index contributed by atoms with van der Waals surface area (Å²) in [6.45, 7) is 4.07. The topological polar surface area (TPSA) is 49.3 Å². The summed E-state index contributed by atoms with van der Waals surface area (Å²) in [5, 5.41) is 11.3. The lowest BCUT2D eigenvalue weighted by molar-refractivity contribution is -0.122. The first kappa shape index (κ1) is 8.43. The van der Waals surface area contributed by atoms with E-state index in [1.807, 2.05) is 6.92 Å². The smallest absolute Gasteiger partial charge is 0.222 e. The molecule has 1 atom stereocenters. The van der Waals surface area contributed by atoms with Gasteiger partial charge >= 0.3 is 0 Å². The maximum absolute atomic E-state index is 10.6. The van der Waals surface area contributed by atoms with Crippen LogP contribution in [0.4, 0.5) is 0 Å². The Morgan fingerprint density at radius 1 is 1.78 bits per heavy atom. The van der Waals surface area contributed by atoms with Crippen molar-refractivity contribution in [2.24, 2.45) is 0 Å². The van der Waals surface area contributed by atoms with E-state index in [2.05, 4.69) is 5.32 Å². The van der Waals surface area contributed by atoms with Gasteiger partial charge in [-0.2, -0.15) is 0 Å². The van der Waals surface area contributed by atoms with E-state index in [9.17, 15) is 4.79 Å². The Labute approximate surface area is 55.1 Å². The predicted octanol–water partition coefficient (Wildman–Crippen LogP) is -0.107. The molecule has 0 aromatic heterocycles. The number of carbonyl (C=O) groups excluding carboxylic acids is 1. The highest BCUT2D eigenvalue weighted by Gasteiger charge is 2.02. The minimum atomic E-state index is -0.531. The number of rotatable bonds is 3. The summed E-state index contributed by atoms with van der Waals surface area (Å²) in [4.78, 5) is 10.6. The number of amides is 1. The fraction of sp³-hybridized carbons (Fsp3) is 0.833. The van der Waals surface area contributed by atoms with Crippen LogP contribution >= 0.6 is 0 Å². The SMILES string of the molecule is CCNC(=O)CC(C)O. The second-order valence-electron chi connectivity index (χ2n) is 2.01. The van der Waals surface area contributed by atoms with Crippen LogP contribution in [-0.4, -0.2) is 23.7 Å². The first-order valence-electron chi connectivity index (χ1n) is 3.11. The van der Waals surface area contributed by atoms with Gasteiger partial charge in [-0.1, -0.05) is 0 Å². The van der Waals surface area contributed by atoms with Gasteiger partial charge in [0.05, 0.1) is 12.5 Å². The van der Waals surface area contributed by atoms with Crippen molar-refractivity contribution in [3.05, 3.63) is 0 Å². The Bertz CT molecular complexity index is 91.1. The lowest BCUT2D eigenvalue weighted by Crippen LogP contribution is -2.25. The van der Waals surface area contributed by atoms with Crippen LogP contribution < -0.4 is 5.32 Å². The largest absolute Gasteiger partial charge is 0.393 e. The molecule has 0 aliphatic carbocycles. The van der Waals surface area contributed by atoms with Crippen molar-refractivity contribution in [3.63, 3.8) is 0 Å². The van der Waals surface area contributed by atoms with E-state index in [0.29, 0.717) is 6.54 Å². The van der Waals surface area contributed by atoms with Crippen molar-refractivity contribution >= 4 is 5.91 Å². The molecule has 3 nitrogen and oxygen atoms in total. The highest BCUT2D eigenvalue weighted by Crippen LogP contribution is 1.86. The summed E-state index contributed by atoms with van der Waals surface area (Å²) in [5.41, 5.74) is 0. The Balaban J connectivity index is 3.27. The van der Waals surface area contributed by atoms with Gasteiger partial charge in [0.15, 0.2) is 0 Å². The van der Waals surface area contributed by atoms with Crippen LogP contribution in [0.5, 0.6) is 0 Å². The van der Waals surface area contributed by atoms with Gasteiger partial charge in [0.25, 0.3) is 0 Å². The first-order valence-corrected chi connectivity index (χ1v) is 3.11. The lowest BCUT2D eigenvalue weighted by Gasteiger charge is -2.02. The quantitative estimate of drug-likeness (QED) is 0.561. The molecule has 2 N–H and O–H groups in total. The van der Waals surface area contributed by atoms with E-state index < -0.39 is 6.10 Å². The average molecular weight is 131 g/mol. The van der Waals surface area contributed by atoms with Crippen molar-refractivity contribution in [2.75, 3.05) is 6.54 Å². The molecule has 0 spiro atoms. The number of aliphatic hydroxyl groups excluding tert-OH is 1. The molecule has 0 saturated heterocycles. The van der Waals surface area contributed by atoms with Crippen molar-refractivity contribution in [3.8, 4) is 0 Å². The summed E-state index contributed by atoms with van der Waals surface area (Å²) in [7, 11) is 0. The third kappa shape index (κ3) is 5.30. The third-order valence-electron chi connectivity index (χ3n) is 0.855. The van der Waals surface area contributed by atoms with Gasteiger partial charge in [0.1, 0.15) is 0 Å². The highest BCUT2D eigenvalue weighted by atomic mass is 16.3. The molecule has 0 fully saturated rings. The van der Waals surface area contributed by atoms with Gasteiger partial charge in [0.2, 0.25) is 5.91 Å². The summed E-state index contributed by atoms with van der Waals surface area (Å²) < 4.78 is 0. The normalized spacial score (nSPS) is 12.8. The molecule has 0 radical (unpaired) electrons. The van der Waals surface area contributed by atoms with E-state index in [1.54, 1.807) is 6.92 Å². The third-order valence-corrected chi connectivity index (χ3v) is 0.855. The molecule has 0 aliphatic rings. The van der Waals surface area contributed by atoms with Crippen LogP contribution in [0.25, 0.3) is 0 Å². The van der Waals surface area contributed by atoms with Crippen LogP contribution in [0.15, 0.2) is 0 Å². The van der Waals surface area contributed by atoms with Gasteiger partial charge in [-0.3, -0.25) is 4.79 Å². The van der Waals surface area contributed by atoms with E-state index in [-0.39, 0.29) is 12.3 Å². The van der Waals surface area contributed by atoms with Gasteiger partial charge < -0.3 is 10.4 Å². The Kier molecular flexibility index (Phi) is 4.05. The molecule has 0 aromatic rings. The number of nitrogens with one attached hydrogen (secondary N) is 1. The number of hydrogen-bond acceptors (Lipinski definition) is 2. The average Bonchev–Trinajstić information content (AvgIpc) is 1.63. The molecule has 0 rings (SSSR count). The molecular formula is C6H13NO2.